The van der Waals surface area contributed by atoms with Crippen molar-refractivity contribution in [2.24, 2.45) is 5.92 Å². The van der Waals surface area contributed by atoms with Crippen molar-refractivity contribution in [1.82, 2.24) is 29.9 Å². The summed E-state index contributed by atoms with van der Waals surface area (Å²) in [5.74, 6) is 0.498. The van der Waals surface area contributed by atoms with Crippen LogP contribution >= 0.6 is 0 Å². The van der Waals surface area contributed by atoms with Gasteiger partial charge in [0.25, 0.3) is 0 Å². The lowest BCUT2D eigenvalue weighted by atomic mass is 10.1. The number of carbonyl (C=O) groups excluding carboxylic acids is 1. The third-order valence-electron chi connectivity index (χ3n) is 6.29. The van der Waals surface area contributed by atoms with Crippen LogP contribution < -0.4 is 5.32 Å². The number of nitrogens with one attached hydrogen (secondary N) is 3. The standard InChI is InChI=1S/C29H24FN7O/c1-16(2)9-25(38)35-19-10-17(12-31-14-19)18-11-22-23(15-34-27(22)33-13-18)28-36-26-21(7-8-32-29(26)37-28)20-5-3-4-6-24(20)30/h3-8,10-16H,9H2,1-2H3,(H,33,34)(H,35,38)(H,32,36,37). The van der Waals surface area contributed by atoms with Crippen molar-refractivity contribution in [1.29, 1.82) is 0 Å². The number of benzene rings is 1. The zero-order valence-corrected chi connectivity index (χ0v) is 20.8. The summed E-state index contributed by atoms with van der Waals surface area (Å²) in [4.78, 5) is 36.7. The Morgan fingerprint density at radius 3 is 2.68 bits per heavy atom. The summed E-state index contributed by atoms with van der Waals surface area (Å²) >= 11 is 0. The first-order valence-electron chi connectivity index (χ1n) is 12.3. The molecule has 38 heavy (non-hydrogen) atoms. The smallest absolute Gasteiger partial charge is 0.224 e. The highest BCUT2D eigenvalue weighted by Crippen LogP contribution is 2.34. The maximum atomic E-state index is 14.6. The molecule has 5 heterocycles. The summed E-state index contributed by atoms with van der Waals surface area (Å²) in [7, 11) is 0. The van der Waals surface area contributed by atoms with Gasteiger partial charge < -0.3 is 15.3 Å². The van der Waals surface area contributed by atoms with Gasteiger partial charge in [-0.05, 0) is 30.2 Å². The molecule has 0 unspecified atom stereocenters. The second kappa shape index (κ2) is 9.51. The Balaban J connectivity index is 1.39. The number of aromatic nitrogens is 6. The van der Waals surface area contributed by atoms with Gasteiger partial charge in [-0.1, -0.05) is 32.0 Å². The van der Waals surface area contributed by atoms with Gasteiger partial charge in [0.1, 0.15) is 17.3 Å². The number of carbonyl (C=O) groups is 1. The lowest BCUT2D eigenvalue weighted by Crippen LogP contribution is -2.13. The molecule has 0 fully saturated rings. The summed E-state index contributed by atoms with van der Waals surface area (Å²) in [6, 6.07) is 12.3. The molecule has 0 saturated heterocycles. The molecule has 188 valence electrons. The fourth-order valence-corrected chi connectivity index (χ4v) is 4.55. The van der Waals surface area contributed by atoms with E-state index < -0.39 is 0 Å². The maximum Gasteiger partial charge on any atom is 0.224 e. The maximum absolute atomic E-state index is 14.6. The number of hydrogen-bond donors (Lipinski definition) is 3. The van der Waals surface area contributed by atoms with E-state index in [2.05, 4.69) is 30.2 Å². The Morgan fingerprint density at radius 2 is 1.84 bits per heavy atom. The van der Waals surface area contributed by atoms with E-state index in [4.69, 9.17) is 4.98 Å². The first-order chi connectivity index (χ1) is 18.5. The molecule has 8 nitrogen and oxygen atoms in total. The van der Waals surface area contributed by atoms with Crippen LogP contribution in [0, 0.1) is 11.7 Å². The van der Waals surface area contributed by atoms with Crippen molar-refractivity contribution in [3.05, 3.63) is 79.3 Å². The van der Waals surface area contributed by atoms with Crippen LogP contribution in [-0.2, 0) is 4.79 Å². The Kier molecular flexibility index (Phi) is 5.88. The monoisotopic (exact) mass is 505 g/mol. The van der Waals surface area contributed by atoms with Gasteiger partial charge in [0.15, 0.2) is 5.65 Å². The minimum absolute atomic E-state index is 0.0475. The number of nitrogens with zero attached hydrogens (tertiary/aromatic N) is 4. The highest BCUT2D eigenvalue weighted by atomic mass is 19.1. The predicted molar refractivity (Wildman–Crippen MR) is 146 cm³/mol. The van der Waals surface area contributed by atoms with Gasteiger partial charge in [0.2, 0.25) is 5.91 Å². The van der Waals surface area contributed by atoms with Gasteiger partial charge in [0.05, 0.1) is 17.4 Å². The van der Waals surface area contributed by atoms with E-state index in [1.54, 1.807) is 49.1 Å². The lowest BCUT2D eigenvalue weighted by Gasteiger charge is -2.08. The van der Waals surface area contributed by atoms with Crippen LogP contribution in [0.3, 0.4) is 0 Å². The van der Waals surface area contributed by atoms with Crippen LogP contribution in [0.1, 0.15) is 20.3 Å². The second-order valence-corrected chi connectivity index (χ2v) is 9.55. The van der Waals surface area contributed by atoms with Crippen molar-refractivity contribution >= 4 is 33.8 Å². The molecule has 1 aromatic carbocycles. The molecule has 0 aliphatic heterocycles. The van der Waals surface area contributed by atoms with Crippen molar-refractivity contribution in [2.45, 2.75) is 20.3 Å². The van der Waals surface area contributed by atoms with Crippen molar-refractivity contribution in [3.8, 4) is 33.6 Å². The van der Waals surface area contributed by atoms with Crippen molar-refractivity contribution in [2.75, 3.05) is 5.32 Å². The average Bonchev–Trinajstić information content (AvgIpc) is 3.52. The number of fused-ring (bicyclic) bond motifs is 2. The van der Waals surface area contributed by atoms with Gasteiger partial charge in [-0.25, -0.2) is 19.3 Å². The molecule has 0 radical (unpaired) electrons. The highest BCUT2D eigenvalue weighted by molar-refractivity contribution is 5.98. The summed E-state index contributed by atoms with van der Waals surface area (Å²) < 4.78 is 14.6. The molecule has 0 spiro atoms. The average molecular weight is 506 g/mol. The van der Waals surface area contributed by atoms with E-state index in [1.165, 1.54) is 6.07 Å². The van der Waals surface area contributed by atoms with Crippen molar-refractivity contribution in [3.63, 3.8) is 0 Å². The summed E-state index contributed by atoms with van der Waals surface area (Å²) in [6.07, 6.45) is 9.03. The summed E-state index contributed by atoms with van der Waals surface area (Å²) in [5.41, 5.74) is 6.11. The molecule has 0 atom stereocenters. The number of anilines is 1. The third kappa shape index (κ3) is 4.39. The van der Waals surface area contributed by atoms with E-state index >= 15 is 0 Å². The Morgan fingerprint density at radius 1 is 1.00 bits per heavy atom. The topological polar surface area (TPSA) is 112 Å². The molecule has 0 aliphatic carbocycles. The van der Waals surface area contributed by atoms with Gasteiger partial charge in [-0.3, -0.25) is 9.78 Å². The van der Waals surface area contributed by atoms with Crippen molar-refractivity contribution < 1.29 is 9.18 Å². The van der Waals surface area contributed by atoms with E-state index in [9.17, 15) is 9.18 Å². The minimum Gasteiger partial charge on any atom is -0.345 e. The molecular formula is C29H24FN7O. The Labute approximate surface area is 217 Å². The number of amides is 1. The first kappa shape index (κ1) is 23.5. The molecule has 9 heteroatoms. The van der Waals surface area contributed by atoms with E-state index in [1.807, 2.05) is 32.2 Å². The number of rotatable bonds is 6. The van der Waals surface area contributed by atoms with Gasteiger partial charge in [-0.2, -0.15) is 0 Å². The van der Waals surface area contributed by atoms with Gasteiger partial charge in [-0.15, -0.1) is 0 Å². The fourth-order valence-electron chi connectivity index (χ4n) is 4.55. The number of hydrogen-bond acceptors (Lipinski definition) is 5. The highest BCUT2D eigenvalue weighted by Gasteiger charge is 2.17. The third-order valence-corrected chi connectivity index (χ3v) is 6.29. The predicted octanol–water partition coefficient (Wildman–Crippen LogP) is 6.35. The van der Waals surface area contributed by atoms with E-state index in [-0.39, 0.29) is 17.6 Å². The molecule has 0 saturated carbocycles. The number of halogens is 1. The molecule has 0 bridgehead atoms. The number of pyridine rings is 3. The van der Waals surface area contributed by atoms with Crippen LogP contribution in [0.2, 0.25) is 0 Å². The number of H-pyrrole nitrogens is 2. The zero-order valence-electron chi connectivity index (χ0n) is 20.8. The molecule has 5 aromatic heterocycles. The lowest BCUT2D eigenvalue weighted by molar-refractivity contribution is -0.116. The number of aromatic amines is 2. The summed E-state index contributed by atoms with van der Waals surface area (Å²) in [6.45, 7) is 4.00. The van der Waals surface area contributed by atoms with Gasteiger partial charge in [0, 0.05) is 64.4 Å². The number of imidazole rings is 1. The largest absolute Gasteiger partial charge is 0.345 e. The van der Waals surface area contributed by atoms with Crippen LogP contribution in [0.5, 0.6) is 0 Å². The normalized spacial score (nSPS) is 11.5. The van der Waals surface area contributed by atoms with Crippen LogP contribution in [0.25, 0.3) is 55.8 Å². The second-order valence-electron chi connectivity index (χ2n) is 9.55. The van der Waals surface area contributed by atoms with Crippen LogP contribution in [0.15, 0.2) is 73.4 Å². The van der Waals surface area contributed by atoms with Crippen LogP contribution in [-0.4, -0.2) is 35.8 Å². The molecule has 6 rings (SSSR count). The quantitative estimate of drug-likeness (QED) is 0.244. The van der Waals surface area contributed by atoms with E-state index in [0.717, 1.165) is 22.1 Å². The Bertz CT molecular complexity index is 1800. The molecular weight excluding hydrogens is 481 g/mol. The molecule has 0 aliphatic rings. The van der Waals surface area contributed by atoms with Crippen LogP contribution in [0.4, 0.5) is 10.1 Å². The SMILES string of the molecule is CC(C)CC(=O)Nc1cncc(-c2cnc3[nH]cc(-c4nc5nccc(-c6ccccc6F)c5[nH]4)c3c2)c1. The summed E-state index contributed by atoms with van der Waals surface area (Å²) in [5, 5.41) is 3.76. The zero-order chi connectivity index (χ0) is 26.2. The fraction of sp³-hybridized carbons (Fsp3) is 0.138. The molecule has 6 aromatic rings. The Hall–Kier alpha value is -4.92. The molecule has 3 N–H and O–H groups in total. The first-order valence-corrected chi connectivity index (χ1v) is 12.3. The molecule has 1 amide bonds. The van der Waals surface area contributed by atoms with E-state index in [0.29, 0.717) is 45.9 Å². The minimum atomic E-state index is -0.312. The van der Waals surface area contributed by atoms with Gasteiger partial charge >= 0.3 is 0 Å².